The zero-order valence-electron chi connectivity index (χ0n) is 13.7. The number of aryl methyl sites for hydroxylation is 2. The van der Waals surface area contributed by atoms with Crippen LogP contribution in [-0.2, 0) is 0 Å². The van der Waals surface area contributed by atoms with E-state index in [1.165, 1.54) is 11.1 Å². The van der Waals surface area contributed by atoms with Gasteiger partial charge in [-0.15, -0.1) is 0 Å². The standard InChI is InChI=1S/C17H28N2O3/c1-14-3-4-17(11-15(14)2)22-13-16(21)12-19-7-5-18(6-8-19)9-10-20/h3-4,11,16,20-21H,5-10,12-13H2,1-2H3/t16-/m1/s1. The van der Waals surface area contributed by atoms with Crippen molar-refractivity contribution in [1.82, 2.24) is 9.80 Å². The van der Waals surface area contributed by atoms with E-state index in [9.17, 15) is 5.11 Å². The average Bonchev–Trinajstić information content (AvgIpc) is 2.51. The van der Waals surface area contributed by atoms with Gasteiger partial charge in [-0.25, -0.2) is 0 Å². The van der Waals surface area contributed by atoms with Crippen molar-refractivity contribution < 1.29 is 14.9 Å². The van der Waals surface area contributed by atoms with Crippen LogP contribution in [0.15, 0.2) is 18.2 Å². The summed E-state index contributed by atoms with van der Waals surface area (Å²) in [4.78, 5) is 4.50. The molecule has 0 bridgehead atoms. The van der Waals surface area contributed by atoms with Crippen molar-refractivity contribution in [3.63, 3.8) is 0 Å². The quantitative estimate of drug-likeness (QED) is 0.775. The van der Waals surface area contributed by atoms with Gasteiger partial charge in [0, 0.05) is 39.3 Å². The number of rotatable bonds is 7. The molecule has 0 aromatic heterocycles. The molecule has 0 unspecified atom stereocenters. The Morgan fingerprint density at radius 3 is 2.41 bits per heavy atom. The van der Waals surface area contributed by atoms with Crippen LogP contribution in [0.25, 0.3) is 0 Å². The van der Waals surface area contributed by atoms with Crippen molar-refractivity contribution in [2.45, 2.75) is 20.0 Å². The highest BCUT2D eigenvalue weighted by Crippen LogP contribution is 2.16. The van der Waals surface area contributed by atoms with Crippen LogP contribution >= 0.6 is 0 Å². The Morgan fingerprint density at radius 2 is 1.77 bits per heavy atom. The van der Waals surface area contributed by atoms with Crippen LogP contribution in [-0.4, -0.2) is 78.6 Å². The minimum Gasteiger partial charge on any atom is -0.491 e. The number of nitrogens with zero attached hydrogens (tertiary/aromatic N) is 2. The van der Waals surface area contributed by atoms with E-state index < -0.39 is 6.10 Å². The number of benzene rings is 1. The molecule has 22 heavy (non-hydrogen) atoms. The first-order valence-electron chi connectivity index (χ1n) is 8.02. The smallest absolute Gasteiger partial charge is 0.119 e. The Balaban J connectivity index is 1.69. The Bertz CT molecular complexity index is 459. The van der Waals surface area contributed by atoms with Gasteiger partial charge in [-0.2, -0.15) is 0 Å². The number of piperazine rings is 1. The molecule has 124 valence electrons. The molecule has 1 atom stereocenters. The summed E-state index contributed by atoms with van der Waals surface area (Å²) in [6.07, 6.45) is -0.481. The lowest BCUT2D eigenvalue weighted by Crippen LogP contribution is -2.49. The molecule has 1 saturated heterocycles. The van der Waals surface area contributed by atoms with E-state index in [1.807, 2.05) is 18.2 Å². The summed E-state index contributed by atoms with van der Waals surface area (Å²) in [5.41, 5.74) is 2.45. The third kappa shape index (κ3) is 5.25. The van der Waals surface area contributed by atoms with Crippen LogP contribution in [0.4, 0.5) is 0 Å². The first-order valence-corrected chi connectivity index (χ1v) is 8.02. The van der Waals surface area contributed by atoms with E-state index in [0.717, 1.165) is 38.5 Å². The van der Waals surface area contributed by atoms with Crippen molar-refractivity contribution in [3.8, 4) is 5.75 Å². The van der Waals surface area contributed by atoms with Crippen molar-refractivity contribution in [2.24, 2.45) is 0 Å². The summed E-state index contributed by atoms with van der Waals surface area (Å²) < 4.78 is 5.68. The van der Waals surface area contributed by atoms with Crippen LogP contribution in [0.1, 0.15) is 11.1 Å². The molecule has 1 fully saturated rings. The maximum atomic E-state index is 10.1. The minimum atomic E-state index is -0.481. The predicted octanol–water partition coefficient (Wildman–Crippen LogP) is 0.653. The van der Waals surface area contributed by atoms with Crippen LogP contribution in [0, 0.1) is 13.8 Å². The predicted molar refractivity (Wildman–Crippen MR) is 87.4 cm³/mol. The van der Waals surface area contributed by atoms with Crippen molar-refractivity contribution in [2.75, 3.05) is 52.5 Å². The van der Waals surface area contributed by atoms with Gasteiger partial charge in [-0.05, 0) is 37.1 Å². The molecule has 1 heterocycles. The summed E-state index contributed by atoms with van der Waals surface area (Å²) in [6.45, 7) is 9.81. The van der Waals surface area contributed by atoms with E-state index >= 15 is 0 Å². The molecule has 0 spiro atoms. The summed E-state index contributed by atoms with van der Waals surface area (Å²) in [7, 11) is 0. The van der Waals surface area contributed by atoms with Gasteiger partial charge in [0.2, 0.25) is 0 Å². The Hall–Kier alpha value is -1.14. The van der Waals surface area contributed by atoms with Gasteiger partial charge in [0.1, 0.15) is 18.5 Å². The van der Waals surface area contributed by atoms with Crippen molar-refractivity contribution in [3.05, 3.63) is 29.3 Å². The van der Waals surface area contributed by atoms with Gasteiger partial charge in [0.15, 0.2) is 0 Å². The minimum absolute atomic E-state index is 0.215. The van der Waals surface area contributed by atoms with Crippen LogP contribution in [0.3, 0.4) is 0 Å². The third-order valence-corrected chi connectivity index (χ3v) is 4.27. The molecular formula is C17H28N2O3. The first-order chi connectivity index (χ1) is 10.6. The SMILES string of the molecule is Cc1ccc(OC[C@H](O)CN2CCN(CCO)CC2)cc1C. The lowest BCUT2D eigenvalue weighted by atomic mass is 10.1. The Labute approximate surface area is 133 Å². The van der Waals surface area contributed by atoms with E-state index in [1.54, 1.807) is 0 Å². The molecule has 2 N–H and O–H groups in total. The fourth-order valence-corrected chi connectivity index (χ4v) is 2.68. The first kappa shape index (κ1) is 17.2. The number of aliphatic hydroxyl groups is 2. The fourth-order valence-electron chi connectivity index (χ4n) is 2.68. The second-order valence-electron chi connectivity index (χ2n) is 6.08. The molecule has 0 radical (unpaired) electrons. The van der Waals surface area contributed by atoms with E-state index in [2.05, 4.69) is 23.6 Å². The lowest BCUT2D eigenvalue weighted by molar-refractivity contribution is 0.0428. The summed E-state index contributed by atoms with van der Waals surface area (Å²) in [5.74, 6) is 0.815. The topological polar surface area (TPSA) is 56.2 Å². The normalized spacial score (nSPS) is 18.4. The van der Waals surface area contributed by atoms with Crippen LogP contribution in [0.5, 0.6) is 5.75 Å². The number of ether oxygens (including phenoxy) is 1. The second-order valence-corrected chi connectivity index (χ2v) is 6.08. The van der Waals surface area contributed by atoms with E-state index in [-0.39, 0.29) is 6.61 Å². The van der Waals surface area contributed by atoms with Gasteiger partial charge in [0.25, 0.3) is 0 Å². The van der Waals surface area contributed by atoms with Crippen molar-refractivity contribution in [1.29, 1.82) is 0 Å². The lowest BCUT2D eigenvalue weighted by Gasteiger charge is -2.35. The molecule has 2 rings (SSSR count). The zero-order chi connectivity index (χ0) is 15.9. The third-order valence-electron chi connectivity index (χ3n) is 4.27. The van der Waals surface area contributed by atoms with Crippen LogP contribution in [0.2, 0.25) is 0 Å². The highest BCUT2D eigenvalue weighted by atomic mass is 16.5. The maximum absolute atomic E-state index is 10.1. The number of hydrogen-bond acceptors (Lipinski definition) is 5. The highest BCUT2D eigenvalue weighted by molar-refractivity contribution is 5.33. The maximum Gasteiger partial charge on any atom is 0.119 e. The van der Waals surface area contributed by atoms with Gasteiger partial charge < -0.3 is 14.9 Å². The number of hydrogen-bond donors (Lipinski definition) is 2. The Morgan fingerprint density at radius 1 is 1.09 bits per heavy atom. The fraction of sp³-hybridized carbons (Fsp3) is 0.647. The second kappa shape index (κ2) is 8.48. The summed E-state index contributed by atoms with van der Waals surface area (Å²) in [5, 5.41) is 19.1. The summed E-state index contributed by atoms with van der Waals surface area (Å²) >= 11 is 0. The number of aliphatic hydroxyl groups excluding tert-OH is 2. The van der Waals surface area contributed by atoms with Crippen molar-refractivity contribution >= 4 is 0 Å². The zero-order valence-corrected chi connectivity index (χ0v) is 13.7. The molecule has 5 nitrogen and oxygen atoms in total. The monoisotopic (exact) mass is 308 g/mol. The van der Waals surface area contributed by atoms with Crippen LogP contribution < -0.4 is 4.74 Å². The molecule has 0 aliphatic carbocycles. The molecule has 1 aromatic rings. The molecule has 1 aliphatic rings. The molecule has 5 heteroatoms. The van der Waals surface area contributed by atoms with E-state index in [4.69, 9.17) is 9.84 Å². The summed E-state index contributed by atoms with van der Waals surface area (Å²) in [6, 6.07) is 6.00. The van der Waals surface area contributed by atoms with Gasteiger partial charge >= 0.3 is 0 Å². The van der Waals surface area contributed by atoms with Gasteiger partial charge in [-0.1, -0.05) is 6.07 Å². The molecule has 1 aromatic carbocycles. The van der Waals surface area contributed by atoms with E-state index in [0.29, 0.717) is 13.2 Å². The highest BCUT2D eigenvalue weighted by Gasteiger charge is 2.19. The largest absolute Gasteiger partial charge is 0.491 e. The molecule has 0 amide bonds. The molecule has 0 saturated carbocycles. The van der Waals surface area contributed by atoms with Gasteiger partial charge in [0.05, 0.1) is 6.61 Å². The molecule has 1 aliphatic heterocycles. The number of β-amino-alcohol motifs (C(OH)–C–C–N with tert-alkyl or cyclic N) is 2. The average molecular weight is 308 g/mol. The van der Waals surface area contributed by atoms with Gasteiger partial charge in [-0.3, -0.25) is 9.80 Å². The molecular weight excluding hydrogens is 280 g/mol. The Kier molecular flexibility index (Phi) is 6.64.